The standard InChI is InChI=1S/C52H64N2O2/c1-15-33-17-21-37(22-18-33)45-43-44(48(56)53(45)31-35-25-39(49(3,4)5)29-40(26-35)50(6,7)8)46(38-23-19-34(16-2)20-24-38)54(47(43)55)32-36-27-41(51(9,10)11)30-42(28-36)52(12,13)14/h17-30H,15-16,31-32H2,1-14H3. The number of nitrogens with zero attached hydrogens (tertiary/aromatic N) is 2. The molecule has 4 aromatic carbocycles. The molecule has 0 aromatic heterocycles. The van der Waals surface area contributed by atoms with Gasteiger partial charge in [0, 0.05) is 0 Å². The van der Waals surface area contributed by atoms with E-state index in [1.165, 1.54) is 33.4 Å². The third kappa shape index (κ3) is 8.08. The fraction of sp³-hybridized carbons (Fsp3) is 0.423. The Kier molecular flexibility index (Phi) is 10.7. The van der Waals surface area contributed by atoms with Gasteiger partial charge in [-0.1, -0.05) is 182 Å². The molecule has 4 heteroatoms. The van der Waals surface area contributed by atoms with E-state index < -0.39 is 0 Å². The summed E-state index contributed by atoms with van der Waals surface area (Å²) in [5, 5.41) is 0. The average molecular weight is 749 g/mol. The van der Waals surface area contributed by atoms with Gasteiger partial charge in [-0.2, -0.15) is 0 Å². The Labute approximate surface area is 337 Å². The van der Waals surface area contributed by atoms with Gasteiger partial charge in [-0.05, 0) is 90.1 Å². The molecule has 6 rings (SSSR count). The fourth-order valence-corrected chi connectivity index (χ4v) is 7.76. The van der Waals surface area contributed by atoms with Gasteiger partial charge >= 0.3 is 0 Å². The summed E-state index contributed by atoms with van der Waals surface area (Å²) in [7, 11) is 0. The van der Waals surface area contributed by atoms with Crippen molar-refractivity contribution < 1.29 is 9.59 Å². The first-order valence-corrected chi connectivity index (χ1v) is 20.6. The molecule has 4 aromatic rings. The average Bonchev–Trinajstić information content (AvgIpc) is 3.56. The van der Waals surface area contributed by atoms with Crippen LogP contribution in [0.25, 0.3) is 11.4 Å². The van der Waals surface area contributed by atoms with Crippen LogP contribution in [0, 0.1) is 0 Å². The van der Waals surface area contributed by atoms with Crippen LogP contribution in [0.5, 0.6) is 0 Å². The van der Waals surface area contributed by atoms with Crippen LogP contribution in [0.2, 0.25) is 0 Å². The minimum atomic E-state index is -0.128. The Hall–Kier alpha value is -4.70. The van der Waals surface area contributed by atoms with Gasteiger partial charge in [-0.3, -0.25) is 9.59 Å². The third-order valence-electron chi connectivity index (χ3n) is 11.6. The van der Waals surface area contributed by atoms with Crippen molar-refractivity contribution in [2.24, 2.45) is 0 Å². The van der Waals surface area contributed by atoms with Crippen LogP contribution < -0.4 is 0 Å². The molecule has 0 N–H and O–H groups in total. The van der Waals surface area contributed by atoms with Crippen LogP contribution in [-0.2, 0) is 57.2 Å². The van der Waals surface area contributed by atoms with E-state index in [4.69, 9.17) is 0 Å². The lowest BCUT2D eigenvalue weighted by atomic mass is 9.79. The second-order valence-corrected chi connectivity index (χ2v) is 20.2. The van der Waals surface area contributed by atoms with E-state index in [0.717, 1.165) is 35.1 Å². The lowest BCUT2D eigenvalue weighted by Crippen LogP contribution is -2.30. The van der Waals surface area contributed by atoms with Crippen molar-refractivity contribution in [1.29, 1.82) is 0 Å². The lowest BCUT2D eigenvalue weighted by molar-refractivity contribution is -0.124. The van der Waals surface area contributed by atoms with Crippen molar-refractivity contribution in [2.45, 2.75) is 145 Å². The Morgan fingerprint density at radius 1 is 0.393 bits per heavy atom. The minimum Gasteiger partial charge on any atom is -0.302 e. The third-order valence-corrected chi connectivity index (χ3v) is 11.6. The maximum Gasteiger partial charge on any atom is 0.261 e. The van der Waals surface area contributed by atoms with Crippen LogP contribution >= 0.6 is 0 Å². The molecule has 0 bridgehead atoms. The number of fused-ring (bicyclic) bond motifs is 1. The van der Waals surface area contributed by atoms with Crippen molar-refractivity contribution in [3.8, 4) is 0 Å². The second-order valence-electron chi connectivity index (χ2n) is 20.2. The molecule has 2 heterocycles. The lowest BCUT2D eigenvalue weighted by Gasteiger charge is -2.29. The summed E-state index contributed by atoms with van der Waals surface area (Å²) in [6, 6.07) is 30.5. The zero-order chi connectivity index (χ0) is 41.1. The smallest absolute Gasteiger partial charge is 0.261 e. The molecule has 0 spiro atoms. The monoisotopic (exact) mass is 748 g/mol. The second kappa shape index (κ2) is 14.7. The van der Waals surface area contributed by atoms with E-state index >= 15 is 9.59 Å². The van der Waals surface area contributed by atoms with E-state index in [1.807, 2.05) is 9.80 Å². The molecule has 56 heavy (non-hydrogen) atoms. The van der Waals surface area contributed by atoms with Crippen LogP contribution in [0.15, 0.2) is 96.1 Å². The van der Waals surface area contributed by atoms with Gasteiger partial charge in [0.25, 0.3) is 11.8 Å². The zero-order valence-electron chi connectivity index (χ0n) is 36.6. The van der Waals surface area contributed by atoms with Crippen molar-refractivity contribution >= 4 is 23.2 Å². The van der Waals surface area contributed by atoms with E-state index in [0.29, 0.717) is 35.6 Å². The number of aryl methyl sites for hydroxylation is 2. The van der Waals surface area contributed by atoms with Crippen LogP contribution in [0.3, 0.4) is 0 Å². The zero-order valence-corrected chi connectivity index (χ0v) is 36.6. The molecule has 0 aliphatic carbocycles. The van der Waals surface area contributed by atoms with E-state index in [2.05, 4.69) is 182 Å². The summed E-state index contributed by atoms with van der Waals surface area (Å²) in [6.07, 6.45) is 1.81. The van der Waals surface area contributed by atoms with Gasteiger partial charge in [-0.15, -0.1) is 0 Å². The number of amides is 2. The maximum atomic E-state index is 15.3. The number of hydrogen-bond donors (Lipinski definition) is 0. The molecule has 294 valence electrons. The normalized spacial score (nSPS) is 15.5. The predicted molar refractivity (Wildman–Crippen MR) is 234 cm³/mol. The summed E-state index contributed by atoms with van der Waals surface area (Å²) >= 11 is 0. The summed E-state index contributed by atoms with van der Waals surface area (Å²) < 4.78 is 0. The molecular weight excluding hydrogens is 685 g/mol. The molecule has 0 saturated carbocycles. The first-order chi connectivity index (χ1) is 26.0. The van der Waals surface area contributed by atoms with E-state index in [1.54, 1.807) is 0 Å². The Balaban J connectivity index is 1.59. The molecule has 0 saturated heterocycles. The summed E-state index contributed by atoms with van der Waals surface area (Å²) in [5.41, 5.74) is 13.3. The number of carbonyl (C=O) groups excluding carboxylic acids is 2. The van der Waals surface area contributed by atoms with Gasteiger partial charge in [0.15, 0.2) is 0 Å². The van der Waals surface area contributed by atoms with E-state index in [9.17, 15) is 0 Å². The Morgan fingerprint density at radius 2 is 0.661 bits per heavy atom. The molecule has 2 aliphatic rings. The first-order valence-electron chi connectivity index (χ1n) is 20.6. The van der Waals surface area contributed by atoms with Crippen molar-refractivity contribution in [1.82, 2.24) is 9.80 Å². The highest BCUT2D eigenvalue weighted by molar-refractivity contribution is 6.30. The quantitative estimate of drug-likeness (QED) is 0.180. The van der Waals surface area contributed by atoms with E-state index in [-0.39, 0.29) is 33.5 Å². The van der Waals surface area contributed by atoms with Gasteiger partial charge in [0.2, 0.25) is 0 Å². The summed E-state index contributed by atoms with van der Waals surface area (Å²) in [5.74, 6) is -0.255. The minimum absolute atomic E-state index is 0.0766. The molecule has 4 nitrogen and oxygen atoms in total. The number of benzene rings is 4. The highest BCUT2D eigenvalue weighted by atomic mass is 16.2. The number of rotatable bonds is 8. The van der Waals surface area contributed by atoms with Crippen molar-refractivity contribution in [2.75, 3.05) is 0 Å². The van der Waals surface area contributed by atoms with Gasteiger partial charge < -0.3 is 9.80 Å². The summed E-state index contributed by atoms with van der Waals surface area (Å²) in [4.78, 5) is 34.4. The van der Waals surface area contributed by atoms with Crippen LogP contribution in [-0.4, -0.2) is 21.6 Å². The topological polar surface area (TPSA) is 40.6 Å². The van der Waals surface area contributed by atoms with Crippen molar-refractivity contribution in [3.05, 3.63) is 152 Å². The molecule has 0 atom stereocenters. The molecule has 2 aliphatic heterocycles. The first kappa shape index (κ1) is 40.9. The van der Waals surface area contributed by atoms with Gasteiger partial charge in [-0.25, -0.2) is 0 Å². The Bertz CT molecular complexity index is 2000. The maximum absolute atomic E-state index is 15.3. The highest BCUT2D eigenvalue weighted by Crippen LogP contribution is 2.48. The molecule has 0 fully saturated rings. The van der Waals surface area contributed by atoms with Gasteiger partial charge in [0.05, 0.1) is 35.6 Å². The molecule has 2 amide bonds. The van der Waals surface area contributed by atoms with Crippen molar-refractivity contribution in [3.63, 3.8) is 0 Å². The predicted octanol–water partition coefficient (Wildman–Crippen LogP) is 12.2. The fourth-order valence-electron chi connectivity index (χ4n) is 7.76. The largest absolute Gasteiger partial charge is 0.302 e. The SMILES string of the molecule is CCc1ccc(C2=C3C(=O)N(Cc4cc(C(C)(C)C)cc(C(C)(C)C)c4)C(c4ccc(CC)cc4)=C3C(=O)N2Cc2cc(C(C)(C)C)cc(C(C)(C)C)c2)cc1. The summed E-state index contributed by atoms with van der Waals surface area (Å²) in [6.45, 7) is 31.9. The molecule has 0 unspecified atom stereocenters. The number of carbonyl (C=O) groups is 2. The highest BCUT2D eigenvalue weighted by Gasteiger charge is 2.49. The molecular formula is C52H64N2O2. The van der Waals surface area contributed by atoms with Crippen LogP contribution in [0.4, 0.5) is 0 Å². The Morgan fingerprint density at radius 3 is 0.893 bits per heavy atom. The van der Waals surface area contributed by atoms with Crippen LogP contribution in [0.1, 0.15) is 153 Å². The molecule has 0 radical (unpaired) electrons. The number of hydrogen-bond acceptors (Lipinski definition) is 2. The van der Waals surface area contributed by atoms with Gasteiger partial charge in [0.1, 0.15) is 0 Å².